The lowest BCUT2D eigenvalue weighted by Gasteiger charge is -1.99. The van der Waals surface area contributed by atoms with Crippen LogP contribution in [0.25, 0.3) is 10.9 Å². The highest BCUT2D eigenvalue weighted by Crippen LogP contribution is 2.12. The van der Waals surface area contributed by atoms with Crippen molar-refractivity contribution < 1.29 is 0 Å². The summed E-state index contributed by atoms with van der Waals surface area (Å²) in [5.41, 5.74) is 2.24. The number of aromatic nitrogens is 1. The second kappa shape index (κ2) is 3.56. The molecule has 0 saturated carbocycles. The van der Waals surface area contributed by atoms with Gasteiger partial charge in [0.15, 0.2) is 0 Å². The van der Waals surface area contributed by atoms with Crippen molar-refractivity contribution in [3.63, 3.8) is 0 Å². The Hall–Kier alpha value is -1.37. The molecule has 0 saturated heterocycles. The van der Waals surface area contributed by atoms with Gasteiger partial charge < -0.3 is 0 Å². The molecule has 2 aromatic rings. The molecule has 0 spiro atoms. The number of hydrogen-bond donors (Lipinski definition) is 0. The van der Waals surface area contributed by atoms with Gasteiger partial charge in [0.1, 0.15) is 0 Å². The maximum atomic E-state index is 4.37. The summed E-state index contributed by atoms with van der Waals surface area (Å²) < 4.78 is 0. The fourth-order valence-electron chi connectivity index (χ4n) is 1.44. The van der Waals surface area contributed by atoms with E-state index in [1.807, 2.05) is 24.4 Å². The highest BCUT2D eigenvalue weighted by Gasteiger charge is 1.96. The molecular weight excluding hydrogens is 158 g/mol. The van der Waals surface area contributed by atoms with Crippen molar-refractivity contribution in [1.29, 1.82) is 0 Å². The Morgan fingerprint density at radius 1 is 1.31 bits per heavy atom. The van der Waals surface area contributed by atoms with Crippen LogP contribution in [-0.2, 0) is 6.42 Å². The van der Waals surface area contributed by atoms with Gasteiger partial charge in [-0.15, -0.1) is 0 Å². The summed E-state index contributed by atoms with van der Waals surface area (Å²) in [5.74, 6) is 0. The molecule has 0 unspecified atom stereocenters. The number of para-hydroxylation sites is 1. The van der Waals surface area contributed by atoms with E-state index in [0.29, 0.717) is 0 Å². The summed E-state index contributed by atoms with van der Waals surface area (Å²) in [5, 5.41) is 1.12. The SMILES string of the molecule is CCCc1[c]c2ccccc2nc1. The van der Waals surface area contributed by atoms with E-state index in [4.69, 9.17) is 0 Å². The molecule has 1 heterocycles. The first-order chi connectivity index (χ1) is 6.40. The molecule has 0 bridgehead atoms. The van der Waals surface area contributed by atoms with E-state index in [2.05, 4.69) is 24.0 Å². The zero-order valence-corrected chi connectivity index (χ0v) is 7.75. The van der Waals surface area contributed by atoms with E-state index in [9.17, 15) is 0 Å². The number of fused-ring (bicyclic) bond motifs is 1. The lowest BCUT2D eigenvalue weighted by atomic mass is 10.1. The van der Waals surface area contributed by atoms with Crippen molar-refractivity contribution in [2.45, 2.75) is 19.8 Å². The van der Waals surface area contributed by atoms with E-state index >= 15 is 0 Å². The molecule has 1 heteroatoms. The average Bonchev–Trinajstić information content (AvgIpc) is 2.18. The molecular formula is C12H12N. The number of benzene rings is 1. The molecule has 13 heavy (non-hydrogen) atoms. The zero-order chi connectivity index (χ0) is 9.10. The van der Waals surface area contributed by atoms with Gasteiger partial charge in [-0.05, 0) is 24.1 Å². The quantitative estimate of drug-likeness (QED) is 0.675. The van der Waals surface area contributed by atoms with Gasteiger partial charge in [-0.2, -0.15) is 0 Å². The molecule has 0 aliphatic carbocycles. The second-order valence-electron chi connectivity index (χ2n) is 3.18. The van der Waals surface area contributed by atoms with E-state index in [-0.39, 0.29) is 0 Å². The van der Waals surface area contributed by atoms with Crippen LogP contribution in [0.2, 0.25) is 0 Å². The maximum absolute atomic E-state index is 4.37. The third-order valence-electron chi connectivity index (χ3n) is 2.08. The van der Waals surface area contributed by atoms with Crippen molar-refractivity contribution in [2.75, 3.05) is 0 Å². The molecule has 0 fully saturated rings. The first-order valence-electron chi connectivity index (χ1n) is 4.66. The maximum Gasteiger partial charge on any atom is 0.0708 e. The van der Waals surface area contributed by atoms with Crippen LogP contribution in [0.5, 0.6) is 0 Å². The van der Waals surface area contributed by atoms with Crippen LogP contribution in [0.1, 0.15) is 18.9 Å². The van der Waals surface area contributed by atoms with Gasteiger partial charge in [0.05, 0.1) is 5.52 Å². The minimum Gasteiger partial charge on any atom is -0.256 e. The molecule has 0 aliphatic heterocycles. The minimum absolute atomic E-state index is 1.03. The summed E-state index contributed by atoms with van der Waals surface area (Å²) in [6.45, 7) is 2.17. The van der Waals surface area contributed by atoms with Crippen molar-refractivity contribution in [1.82, 2.24) is 4.98 Å². The molecule has 0 aliphatic rings. The van der Waals surface area contributed by atoms with Crippen LogP contribution in [0.3, 0.4) is 0 Å². The van der Waals surface area contributed by atoms with Gasteiger partial charge >= 0.3 is 0 Å². The van der Waals surface area contributed by atoms with Gasteiger partial charge in [0.2, 0.25) is 0 Å². The molecule has 0 atom stereocenters. The summed E-state index contributed by atoms with van der Waals surface area (Å²) in [6.07, 6.45) is 4.14. The summed E-state index contributed by atoms with van der Waals surface area (Å²) in [7, 11) is 0. The van der Waals surface area contributed by atoms with Gasteiger partial charge in [-0.3, -0.25) is 4.98 Å². The number of aryl methyl sites for hydroxylation is 1. The largest absolute Gasteiger partial charge is 0.256 e. The highest BCUT2D eigenvalue weighted by atomic mass is 14.6. The van der Waals surface area contributed by atoms with Crippen molar-refractivity contribution in [3.05, 3.63) is 42.1 Å². The highest BCUT2D eigenvalue weighted by molar-refractivity contribution is 5.77. The number of hydrogen-bond acceptors (Lipinski definition) is 1. The van der Waals surface area contributed by atoms with Gasteiger partial charge in [0, 0.05) is 11.6 Å². The third kappa shape index (κ3) is 1.69. The Balaban J connectivity index is 2.49. The standard InChI is InChI=1S/C12H12N/c1-2-5-10-8-11-6-3-4-7-12(11)13-9-10/h3-4,6-7,9H,2,5H2,1H3. The van der Waals surface area contributed by atoms with Crippen LogP contribution in [-0.4, -0.2) is 4.98 Å². The minimum atomic E-state index is 1.03. The molecule has 1 aromatic heterocycles. The van der Waals surface area contributed by atoms with Gasteiger partial charge in [-0.25, -0.2) is 0 Å². The van der Waals surface area contributed by atoms with Crippen LogP contribution in [0, 0.1) is 6.07 Å². The molecule has 2 rings (SSSR count). The third-order valence-corrected chi connectivity index (χ3v) is 2.08. The van der Waals surface area contributed by atoms with Crippen LogP contribution >= 0.6 is 0 Å². The fraction of sp³-hybridized carbons (Fsp3) is 0.250. The molecule has 0 N–H and O–H groups in total. The Morgan fingerprint density at radius 2 is 2.15 bits per heavy atom. The normalized spacial score (nSPS) is 10.5. The van der Waals surface area contributed by atoms with E-state index < -0.39 is 0 Å². The summed E-state index contributed by atoms with van der Waals surface area (Å²) in [4.78, 5) is 4.37. The smallest absolute Gasteiger partial charge is 0.0708 e. The Bertz CT molecular complexity index is 407. The molecule has 1 radical (unpaired) electrons. The van der Waals surface area contributed by atoms with Gasteiger partial charge in [-0.1, -0.05) is 31.5 Å². The van der Waals surface area contributed by atoms with Gasteiger partial charge in [0.25, 0.3) is 0 Å². The van der Waals surface area contributed by atoms with Crippen LogP contribution in [0.4, 0.5) is 0 Å². The molecule has 65 valence electrons. The van der Waals surface area contributed by atoms with Crippen LogP contribution < -0.4 is 0 Å². The van der Waals surface area contributed by atoms with E-state index in [1.54, 1.807) is 0 Å². The predicted molar refractivity (Wildman–Crippen MR) is 54.6 cm³/mol. The summed E-state index contributed by atoms with van der Waals surface area (Å²) in [6, 6.07) is 11.5. The average molecular weight is 170 g/mol. The number of nitrogens with zero attached hydrogens (tertiary/aromatic N) is 1. The predicted octanol–water partition coefficient (Wildman–Crippen LogP) is 2.99. The van der Waals surface area contributed by atoms with Crippen molar-refractivity contribution in [3.8, 4) is 0 Å². The Morgan fingerprint density at radius 3 is 3.00 bits per heavy atom. The first kappa shape index (κ1) is 8.24. The Kier molecular flexibility index (Phi) is 2.26. The Labute approximate surface area is 78.4 Å². The monoisotopic (exact) mass is 170 g/mol. The van der Waals surface area contributed by atoms with Crippen molar-refractivity contribution in [2.24, 2.45) is 0 Å². The molecule has 1 aromatic carbocycles. The van der Waals surface area contributed by atoms with E-state index in [0.717, 1.165) is 23.7 Å². The van der Waals surface area contributed by atoms with E-state index in [1.165, 1.54) is 5.56 Å². The lowest BCUT2D eigenvalue weighted by molar-refractivity contribution is 0.916. The summed E-state index contributed by atoms with van der Waals surface area (Å²) >= 11 is 0. The molecule has 0 amide bonds. The number of pyridine rings is 1. The van der Waals surface area contributed by atoms with Crippen LogP contribution in [0.15, 0.2) is 30.5 Å². The fourth-order valence-corrected chi connectivity index (χ4v) is 1.44. The number of rotatable bonds is 2. The lowest BCUT2D eigenvalue weighted by Crippen LogP contribution is -1.86. The first-order valence-corrected chi connectivity index (χ1v) is 4.66. The van der Waals surface area contributed by atoms with Crippen molar-refractivity contribution >= 4 is 10.9 Å². The molecule has 1 nitrogen and oxygen atoms in total. The topological polar surface area (TPSA) is 12.9 Å². The second-order valence-corrected chi connectivity index (χ2v) is 3.18. The zero-order valence-electron chi connectivity index (χ0n) is 7.75.